The molecule has 1 aliphatic rings. The van der Waals surface area contributed by atoms with Crippen molar-refractivity contribution in [1.82, 2.24) is 19.7 Å². The summed E-state index contributed by atoms with van der Waals surface area (Å²) in [7, 11) is 0. The predicted octanol–water partition coefficient (Wildman–Crippen LogP) is 2.41. The maximum Gasteiger partial charge on any atom is 0.150 e. The molecule has 126 valence electrons. The van der Waals surface area contributed by atoms with Gasteiger partial charge in [-0.1, -0.05) is 12.0 Å². The van der Waals surface area contributed by atoms with E-state index in [1.165, 1.54) is 11.1 Å². The van der Waals surface area contributed by atoms with E-state index in [1.54, 1.807) is 6.20 Å². The molecule has 1 atom stereocenters. The average Bonchev–Trinajstić information content (AvgIpc) is 3.20. The van der Waals surface area contributed by atoms with Crippen LogP contribution >= 0.6 is 0 Å². The molecule has 0 unspecified atom stereocenters. The number of aryl methyl sites for hydroxylation is 2. The van der Waals surface area contributed by atoms with E-state index in [0.717, 1.165) is 36.4 Å². The van der Waals surface area contributed by atoms with E-state index in [0.29, 0.717) is 17.4 Å². The van der Waals surface area contributed by atoms with Gasteiger partial charge in [-0.25, -0.2) is 9.97 Å². The molecule has 0 spiro atoms. The number of nitrogen functional groups attached to an aromatic ring is 1. The van der Waals surface area contributed by atoms with E-state index in [9.17, 15) is 0 Å². The highest BCUT2D eigenvalue weighted by atomic mass is 15.1. The lowest BCUT2D eigenvalue weighted by Gasteiger charge is -2.06. The molecule has 0 aliphatic carbocycles. The second-order valence-corrected chi connectivity index (χ2v) is 6.67. The molecule has 4 rings (SSSR count). The third kappa shape index (κ3) is 2.97. The quantitative estimate of drug-likeness (QED) is 0.672. The Hall–Kier alpha value is -2.84. The number of benzene rings is 1. The van der Waals surface area contributed by atoms with Crippen LogP contribution < -0.4 is 11.1 Å². The Morgan fingerprint density at radius 3 is 2.72 bits per heavy atom. The Balaban J connectivity index is 1.83. The number of hydrogen-bond acceptors (Lipinski definition) is 4. The minimum absolute atomic E-state index is 0.381. The fraction of sp³-hybridized carbons (Fsp3) is 0.300. The van der Waals surface area contributed by atoms with Crippen LogP contribution in [0.1, 0.15) is 40.5 Å². The van der Waals surface area contributed by atoms with Crippen molar-refractivity contribution in [2.24, 2.45) is 0 Å². The molecule has 0 bridgehead atoms. The number of nitrogens with zero attached hydrogens (tertiary/aromatic N) is 3. The monoisotopic (exact) mass is 331 g/mol. The molecule has 0 saturated carbocycles. The molecule has 0 amide bonds. The van der Waals surface area contributed by atoms with Crippen LogP contribution in [0, 0.1) is 25.7 Å². The van der Waals surface area contributed by atoms with Gasteiger partial charge in [-0.3, -0.25) is 4.40 Å². The molecule has 1 aliphatic heterocycles. The third-order valence-electron chi connectivity index (χ3n) is 4.58. The Bertz CT molecular complexity index is 980. The summed E-state index contributed by atoms with van der Waals surface area (Å²) in [6, 6.07) is 6.31. The van der Waals surface area contributed by atoms with E-state index in [1.807, 2.05) is 10.6 Å². The number of rotatable bonds is 1. The lowest BCUT2D eigenvalue weighted by Crippen LogP contribution is -2.10. The van der Waals surface area contributed by atoms with Crippen LogP contribution in [0.25, 0.3) is 5.52 Å². The van der Waals surface area contributed by atoms with Crippen LogP contribution in [0.4, 0.5) is 5.82 Å². The van der Waals surface area contributed by atoms with Gasteiger partial charge in [0, 0.05) is 30.4 Å². The van der Waals surface area contributed by atoms with Crippen LogP contribution in [-0.4, -0.2) is 27.5 Å². The molecule has 0 radical (unpaired) electrons. The number of hydrogen-bond donors (Lipinski definition) is 2. The topological polar surface area (TPSA) is 68.2 Å². The van der Waals surface area contributed by atoms with E-state index in [2.05, 4.69) is 54.2 Å². The van der Waals surface area contributed by atoms with Gasteiger partial charge >= 0.3 is 0 Å². The van der Waals surface area contributed by atoms with Gasteiger partial charge in [0.15, 0.2) is 5.82 Å². The molecule has 1 saturated heterocycles. The van der Waals surface area contributed by atoms with Crippen molar-refractivity contribution in [3.8, 4) is 11.8 Å². The second kappa shape index (κ2) is 6.23. The Kier molecular flexibility index (Phi) is 3.90. The molecule has 1 aromatic carbocycles. The number of fused-ring (bicyclic) bond motifs is 1. The van der Waals surface area contributed by atoms with Gasteiger partial charge in [0.1, 0.15) is 17.0 Å². The highest BCUT2D eigenvalue weighted by Crippen LogP contribution is 2.26. The van der Waals surface area contributed by atoms with E-state index in [4.69, 9.17) is 10.7 Å². The van der Waals surface area contributed by atoms with Gasteiger partial charge < -0.3 is 11.1 Å². The summed E-state index contributed by atoms with van der Waals surface area (Å²) in [6.07, 6.45) is 4.72. The molecule has 3 heterocycles. The first kappa shape index (κ1) is 15.7. The minimum Gasteiger partial charge on any atom is -0.382 e. The number of anilines is 1. The number of nitrogens with one attached hydrogen (secondary N) is 1. The zero-order valence-corrected chi connectivity index (χ0v) is 14.5. The summed E-state index contributed by atoms with van der Waals surface area (Å²) < 4.78 is 2.05. The molecular formula is C20H21N5. The number of nitrogens with two attached hydrogens (primary N) is 1. The van der Waals surface area contributed by atoms with Gasteiger partial charge in [0.2, 0.25) is 0 Å². The normalized spacial score (nSPS) is 16.8. The number of aromatic nitrogens is 3. The molecular weight excluding hydrogens is 310 g/mol. The SMILES string of the molecule is Cc1cc(C)cc(C#Cc2nc([C@H]3CCNC3)n3ccnc(N)c23)c1. The largest absolute Gasteiger partial charge is 0.382 e. The van der Waals surface area contributed by atoms with Crippen molar-refractivity contribution in [3.63, 3.8) is 0 Å². The Morgan fingerprint density at radius 1 is 1.20 bits per heavy atom. The Labute approximate surface area is 147 Å². The standard InChI is InChI=1S/C20H21N5/c1-13-9-14(2)11-15(10-13)3-4-17-18-19(21)23-7-8-25(18)20(24-17)16-5-6-22-12-16/h7-11,16,22H,5-6,12H2,1-2H3,(H2,21,23)/t16-/m0/s1. The summed E-state index contributed by atoms with van der Waals surface area (Å²) in [5.41, 5.74) is 11.0. The zero-order valence-electron chi connectivity index (χ0n) is 14.5. The molecule has 5 nitrogen and oxygen atoms in total. The first-order chi connectivity index (χ1) is 12.1. The maximum atomic E-state index is 6.13. The maximum absolute atomic E-state index is 6.13. The zero-order chi connectivity index (χ0) is 17.4. The van der Waals surface area contributed by atoms with Gasteiger partial charge in [-0.05, 0) is 56.0 Å². The van der Waals surface area contributed by atoms with Gasteiger partial charge in [0.05, 0.1) is 0 Å². The average molecular weight is 331 g/mol. The molecule has 5 heteroatoms. The minimum atomic E-state index is 0.381. The van der Waals surface area contributed by atoms with E-state index in [-0.39, 0.29) is 0 Å². The van der Waals surface area contributed by atoms with Gasteiger partial charge in [0.25, 0.3) is 0 Å². The van der Waals surface area contributed by atoms with Crippen molar-refractivity contribution in [2.75, 3.05) is 18.8 Å². The highest BCUT2D eigenvalue weighted by Gasteiger charge is 2.23. The second-order valence-electron chi connectivity index (χ2n) is 6.67. The highest BCUT2D eigenvalue weighted by molar-refractivity contribution is 5.73. The predicted molar refractivity (Wildman–Crippen MR) is 99.5 cm³/mol. The molecule has 3 N–H and O–H groups in total. The summed E-state index contributed by atoms with van der Waals surface area (Å²) in [5.74, 6) is 8.32. The van der Waals surface area contributed by atoms with Crippen molar-refractivity contribution in [1.29, 1.82) is 0 Å². The van der Waals surface area contributed by atoms with Crippen molar-refractivity contribution in [2.45, 2.75) is 26.2 Å². The fourth-order valence-corrected chi connectivity index (χ4v) is 3.52. The van der Waals surface area contributed by atoms with Crippen molar-refractivity contribution in [3.05, 3.63) is 58.8 Å². The van der Waals surface area contributed by atoms with Crippen LogP contribution in [0.5, 0.6) is 0 Å². The van der Waals surface area contributed by atoms with Crippen LogP contribution in [-0.2, 0) is 0 Å². The third-order valence-corrected chi connectivity index (χ3v) is 4.58. The molecule has 25 heavy (non-hydrogen) atoms. The van der Waals surface area contributed by atoms with Crippen molar-refractivity contribution < 1.29 is 0 Å². The van der Waals surface area contributed by atoms with Crippen LogP contribution in [0.2, 0.25) is 0 Å². The Morgan fingerprint density at radius 2 is 2.00 bits per heavy atom. The number of imidazole rings is 1. The first-order valence-corrected chi connectivity index (χ1v) is 8.55. The van der Waals surface area contributed by atoms with Gasteiger partial charge in [-0.2, -0.15) is 0 Å². The van der Waals surface area contributed by atoms with Gasteiger partial charge in [-0.15, -0.1) is 0 Å². The van der Waals surface area contributed by atoms with E-state index >= 15 is 0 Å². The molecule has 3 aromatic rings. The lowest BCUT2D eigenvalue weighted by atomic mass is 10.1. The summed E-state index contributed by atoms with van der Waals surface area (Å²) in [6.45, 7) is 6.11. The summed E-state index contributed by atoms with van der Waals surface area (Å²) >= 11 is 0. The fourth-order valence-electron chi connectivity index (χ4n) is 3.52. The summed E-state index contributed by atoms with van der Waals surface area (Å²) in [4.78, 5) is 9.05. The van der Waals surface area contributed by atoms with Crippen molar-refractivity contribution >= 4 is 11.3 Å². The van der Waals surface area contributed by atoms with E-state index < -0.39 is 0 Å². The summed E-state index contributed by atoms with van der Waals surface area (Å²) in [5, 5.41) is 3.39. The first-order valence-electron chi connectivity index (χ1n) is 8.55. The molecule has 1 fully saturated rings. The van der Waals surface area contributed by atoms with Crippen LogP contribution in [0.3, 0.4) is 0 Å². The molecule has 2 aromatic heterocycles. The van der Waals surface area contributed by atoms with Crippen LogP contribution in [0.15, 0.2) is 30.6 Å². The smallest absolute Gasteiger partial charge is 0.150 e. The lowest BCUT2D eigenvalue weighted by molar-refractivity contribution is 0.697.